The molecule has 0 spiro atoms. The molecular weight excluding hydrogens is 448 g/mol. The zero-order chi connectivity index (χ0) is 23.9. The van der Waals surface area contributed by atoms with Gasteiger partial charge in [-0.2, -0.15) is 0 Å². The third-order valence-corrected chi connectivity index (χ3v) is 7.17. The van der Waals surface area contributed by atoms with E-state index in [1.807, 2.05) is 54.6 Å². The van der Waals surface area contributed by atoms with Crippen LogP contribution in [0.5, 0.6) is 0 Å². The van der Waals surface area contributed by atoms with Crippen molar-refractivity contribution in [3.63, 3.8) is 0 Å². The first-order valence-electron chi connectivity index (χ1n) is 11.3. The summed E-state index contributed by atoms with van der Waals surface area (Å²) in [5, 5.41) is 12.1. The van der Waals surface area contributed by atoms with Gasteiger partial charge in [0.1, 0.15) is 6.61 Å². The first-order valence-corrected chi connectivity index (χ1v) is 12.2. The van der Waals surface area contributed by atoms with Crippen molar-refractivity contribution >= 4 is 23.9 Å². The van der Waals surface area contributed by atoms with Crippen molar-refractivity contribution < 1.29 is 19.4 Å². The number of nitrogens with zero attached hydrogens (tertiary/aromatic N) is 1. The number of carboxylic acid groups (broad SMARTS) is 1. The average Bonchev–Trinajstić information content (AvgIpc) is 3.18. The summed E-state index contributed by atoms with van der Waals surface area (Å²) in [4.78, 5) is 26.2. The zero-order valence-electron chi connectivity index (χ0n) is 19.0. The predicted molar refractivity (Wildman–Crippen MR) is 134 cm³/mol. The second-order valence-corrected chi connectivity index (χ2v) is 9.38. The van der Waals surface area contributed by atoms with E-state index in [1.54, 1.807) is 11.8 Å². The third kappa shape index (κ3) is 5.72. The summed E-state index contributed by atoms with van der Waals surface area (Å²) in [5.41, 5.74) is 4.69. The lowest BCUT2D eigenvalue weighted by atomic mass is 9.98. The maximum Gasteiger partial charge on any atom is 0.407 e. The number of ether oxygens (including phenoxy) is 1. The number of hydrogen-bond acceptors (Lipinski definition) is 4. The van der Waals surface area contributed by atoms with E-state index in [0.717, 1.165) is 16.0 Å². The summed E-state index contributed by atoms with van der Waals surface area (Å²) in [6.07, 6.45) is -0.985. The monoisotopic (exact) mass is 476 g/mol. The molecule has 2 N–H and O–H groups in total. The maximum absolute atomic E-state index is 12.8. The van der Waals surface area contributed by atoms with Gasteiger partial charge in [0, 0.05) is 36.2 Å². The van der Waals surface area contributed by atoms with Gasteiger partial charge in [-0.3, -0.25) is 0 Å². The van der Waals surface area contributed by atoms with E-state index < -0.39 is 12.2 Å². The number of fused-ring (bicyclic) bond motifs is 3. The average molecular weight is 477 g/mol. The fourth-order valence-electron chi connectivity index (χ4n) is 4.16. The van der Waals surface area contributed by atoms with Crippen LogP contribution in [0.1, 0.15) is 23.5 Å². The Morgan fingerprint density at radius 1 is 0.971 bits per heavy atom. The van der Waals surface area contributed by atoms with Crippen LogP contribution in [0.15, 0.2) is 83.8 Å². The van der Waals surface area contributed by atoms with Crippen LogP contribution in [-0.4, -0.2) is 54.2 Å². The fraction of sp³-hybridized carbons (Fsp3) is 0.259. The second-order valence-electron chi connectivity index (χ2n) is 8.28. The molecule has 0 aromatic heterocycles. The van der Waals surface area contributed by atoms with E-state index in [-0.39, 0.29) is 18.6 Å². The Morgan fingerprint density at radius 2 is 1.56 bits per heavy atom. The van der Waals surface area contributed by atoms with Gasteiger partial charge in [0.2, 0.25) is 0 Å². The number of hydrogen-bond donors (Lipinski definition) is 2. The Morgan fingerprint density at radius 3 is 2.18 bits per heavy atom. The van der Waals surface area contributed by atoms with E-state index in [1.165, 1.54) is 23.1 Å². The molecule has 1 aliphatic rings. The van der Waals surface area contributed by atoms with Crippen LogP contribution in [0.3, 0.4) is 0 Å². The molecule has 1 unspecified atom stereocenters. The van der Waals surface area contributed by atoms with Gasteiger partial charge in [-0.1, -0.05) is 66.7 Å². The highest BCUT2D eigenvalue weighted by Crippen LogP contribution is 2.44. The van der Waals surface area contributed by atoms with Crippen LogP contribution in [0.4, 0.5) is 9.59 Å². The SMILES string of the molecule is CN(CCC(CSc1ccccc1)NC(=O)OCC1c2ccccc2-c2ccccc21)C(=O)O. The molecule has 1 atom stereocenters. The molecule has 0 heterocycles. The Labute approximate surface area is 203 Å². The summed E-state index contributed by atoms with van der Waals surface area (Å²) in [6, 6.07) is 26.1. The minimum Gasteiger partial charge on any atom is -0.465 e. The predicted octanol–water partition coefficient (Wildman–Crippen LogP) is 5.69. The number of amides is 2. The highest BCUT2D eigenvalue weighted by atomic mass is 32.2. The highest BCUT2D eigenvalue weighted by Gasteiger charge is 2.29. The number of carbonyl (C=O) groups is 2. The van der Waals surface area contributed by atoms with Crippen LogP contribution < -0.4 is 5.32 Å². The number of carbonyl (C=O) groups excluding carboxylic acids is 1. The Bertz CT molecular complexity index is 1090. The van der Waals surface area contributed by atoms with Crippen molar-refractivity contribution in [3.8, 4) is 11.1 Å². The van der Waals surface area contributed by atoms with Crippen molar-refractivity contribution in [2.24, 2.45) is 0 Å². The van der Waals surface area contributed by atoms with Gasteiger partial charge in [-0.15, -0.1) is 11.8 Å². The standard InChI is InChI=1S/C27H28N2O4S/c1-29(27(31)32)16-15-19(18-34-20-9-3-2-4-10-20)28-26(30)33-17-25-23-13-7-5-11-21(23)22-12-6-8-14-24(22)25/h2-14,19,25H,15-18H2,1H3,(H,28,30)(H,31,32). The molecule has 0 aliphatic heterocycles. The molecule has 6 nitrogen and oxygen atoms in total. The van der Waals surface area contributed by atoms with Crippen molar-refractivity contribution in [1.82, 2.24) is 10.2 Å². The molecule has 0 fully saturated rings. The molecule has 176 valence electrons. The van der Waals surface area contributed by atoms with Gasteiger partial charge in [-0.05, 0) is 40.8 Å². The number of thioether (sulfide) groups is 1. The molecule has 0 saturated heterocycles. The molecule has 0 saturated carbocycles. The van der Waals surface area contributed by atoms with E-state index in [4.69, 9.17) is 9.84 Å². The minimum atomic E-state index is -0.990. The van der Waals surface area contributed by atoms with Gasteiger partial charge in [-0.25, -0.2) is 9.59 Å². The molecule has 7 heteroatoms. The number of alkyl carbamates (subject to hydrolysis) is 1. The first kappa shape index (κ1) is 23.7. The first-order chi connectivity index (χ1) is 16.5. The van der Waals surface area contributed by atoms with Crippen LogP contribution in [0.25, 0.3) is 11.1 Å². The summed E-state index contributed by atoms with van der Waals surface area (Å²) >= 11 is 1.62. The number of rotatable bonds is 9. The van der Waals surface area contributed by atoms with Crippen LogP contribution >= 0.6 is 11.8 Å². The molecule has 3 aromatic rings. The zero-order valence-corrected chi connectivity index (χ0v) is 19.8. The van der Waals surface area contributed by atoms with E-state index >= 15 is 0 Å². The Kier molecular flexibility index (Phi) is 7.75. The smallest absolute Gasteiger partial charge is 0.407 e. The molecule has 2 amide bonds. The van der Waals surface area contributed by atoms with Crippen LogP contribution in [0, 0.1) is 0 Å². The molecule has 0 bridgehead atoms. The lowest BCUT2D eigenvalue weighted by Gasteiger charge is -2.22. The van der Waals surface area contributed by atoms with Gasteiger partial charge in [0.25, 0.3) is 0 Å². The fourth-order valence-corrected chi connectivity index (χ4v) is 5.16. The van der Waals surface area contributed by atoms with Crippen molar-refractivity contribution in [3.05, 3.63) is 90.0 Å². The van der Waals surface area contributed by atoms with E-state index in [0.29, 0.717) is 18.7 Å². The van der Waals surface area contributed by atoms with E-state index in [2.05, 4.69) is 29.6 Å². The quantitative estimate of drug-likeness (QED) is 0.388. The molecule has 1 aliphatic carbocycles. The molecule has 34 heavy (non-hydrogen) atoms. The lowest BCUT2D eigenvalue weighted by Crippen LogP contribution is -2.40. The largest absolute Gasteiger partial charge is 0.465 e. The molecule has 3 aromatic carbocycles. The third-order valence-electron chi connectivity index (χ3n) is 6.00. The van der Waals surface area contributed by atoms with Crippen molar-refractivity contribution in [2.45, 2.75) is 23.3 Å². The van der Waals surface area contributed by atoms with Crippen molar-refractivity contribution in [1.29, 1.82) is 0 Å². The van der Waals surface area contributed by atoms with E-state index in [9.17, 15) is 9.59 Å². The summed E-state index contributed by atoms with van der Waals surface area (Å²) in [5.74, 6) is 0.607. The summed E-state index contributed by atoms with van der Waals surface area (Å²) in [6.45, 7) is 0.562. The van der Waals surface area contributed by atoms with Crippen molar-refractivity contribution in [2.75, 3.05) is 26.0 Å². The Balaban J connectivity index is 1.38. The molecule has 0 radical (unpaired) electrons. The van der Waals surface area contributed by atoms with Gasteiger partial charge in [0.15, 0.2) is 0 Å². The molecule has 4 rings (SSSR count). The topological polar surface area (TPSA) is 78.9 Å². The van der Waals surface area contributed by atoms with Gasteiger partial charge in [0.05, 0.1) is 0 Å². The lowest BCUT2D eigenvalue weighted by molar-refractivity contribution is 0.137. The van der Waals surface area contributed by atoms with Crippen LogP contribution in [0.2, 0.25) is 0 Å². The summed E-state index contributed by atoms with van der Waals surface area (Å²) < 4.78 is 5.69. The highest BCUT2D eigenvalue weighted by molar-refractivity contribution is 7.99. The molecular formula is C27H28N2O4S. The number of nitrogens with one attached hydrogen (secondary N) is 1. The van der Waals surface area contributed by atoms with Gasteiger partial charge >= 0.3 is 12.2 Å². The van der Waals surface area contributed by atoms with Gasteiger partial charge < -0.3 is 20.1 Å². The second kappa shape index (κ2) is 11.1. The van der Waals surface area contributed by atoms with Crippen LogP contribution in [-0.2, 0) is 4.74 Å². The minimum absolute atomic E-state index is 0.00608. The number of benzene rings is 3. The summed E-state index contributed by atoms with van der Waals surface area (Å²) in [7, 11) is 1.52. The maximum atomic E-state index is 12.8. The Hall–Kier alpha value is -3.45. The normalized spacial score (nSPS) is 13.0.